The van der Waals surface area contributed by atoms with Gasteiger partial charge in [0.25, 0.3) is 11.6 Å². The summed E-state index contributed by atoms with van der Waals surface area (Å²) in [5, 5.41) is 10.9. The number of hydrogen-bond donors (Lipinski definition) is 0. The van der Waals surface area contributed by atoms with E-state index in [0.717, 1.165) is 16.9 Å². The highest BCUT2D eigenvalue weighted by molar-refractivity contribution is 8.26. The molecule has 144 valence electrons. The van der Waals surface area contributed by atoms with E-state index in [1.165, 1.54) is 23.9 Å². The molecular formula is C21H15N3O3S2. The average Bonchev–Trinajstić information content (AvgIpc) is 3.29. The lowest BCUT2D eigenvalue weighted by molar-refractivity contribution is -0.384. The fourth-order valence-electron chi connectivity index (χ4n) is 3.02. The molecule has 0 aliphatic carbocycles. The normalized spacial score (nSPS) is 15.3. The first-order valence-corrected chi connectivity index (χ1v) is 9.97. The zero-order chi connectivity index (χ0) is 20.4. The van der Waals surface area contributed by atoms with Crippen molar-refractivity contribution in [3.63, 3.8) is 0 Å². The fraction of sp³-hybridized carbons (Fsp3) is 0.0476. The maximum Gasteiger partial charge on any atom is 0.269 e. The van der Waals surface area contributed by atoms with Crippen LogP contribution in [-0.4, -0.2) is 24.6 Å². The van der Waals surface area contributed by atoms with E-state index in [-0.39, 0.29) is 11.6 Å². The molecule has 0 bridgehead atoms. The van der Waals surface area contributed by atoms with Crippen LogP contribution in [0.3, 0.4) is 0 Å². The molecule has 1 fully saturated rings. The number of carbonyl (C=O) groups is 1. The molecule has 1 aliphatic rings. The van der Waals surface area contributed by atoms with Crippen LogP contribution in [0, 0.1) is 10.1 Å². The van der Waals surface area contributed by atoms with Crippen LogP contribution >= 0.6 is 24.0 Å². The van der Waals surface area contributed by atoms with Gasteiger partial charge in [0.05, 0.1) is 16.4 Å². The van der Waals surface area contributed by atoms with Gasteiger partial charge in [-0.25, -0.2) is 0 Å². The van der Waals surface area contributed by atoms with Crippen molar-refractivity contribution in [2.45, 2.75) is 6.54 Å². The molecule has 29 heavy (non-hydrogen) atoms. The molecule has 0 radical (unpaired) electrons. The van der Waals surface area contributed by atoms with E-state index in [4.69, 9.17) is 12.2 Å². The molecule has 3 aromatic rings. The summed E-state index contributed by atoms with van der Waals surface area (Å²) in [4.78, 5) is 25.4. The Morgan fingerprint density at radius 1 is 1.03 bits per heavy atom. The Morgan fingerprint density at radius 3 is 2.45 bits per heavy atom. The van der Waals surface area contributed by atoms with E-state index in [0.29, 0.717) is 15.8 Å². The van der Waals surface area contributed by atoms with Gasteiger partial charge in [-0.05, 0) is 35.9 Å². The highest BCUT2D eigenvalue weighted by Gasteiger charge is 2.32. The second-order valence-electron chi connectivity index (χ2n) is 6.33. The highest BCUT2D eigenvalue weighted by atomic mass is 32.2. The van der Waals surface area contributed by atoms with Gasteiger partial charge >= 0.3 is 0 Å². The molecule has 1 aliphatic heterocycles. The zero-order valence-corrected chi connectivity index (χ0v) is 16.7. The first-order chi connectivity index (χ1) is 14.0. The van der Waals surface area contributed by atoms with Gasteiger partial charge in [-0.2, -0.15) is 0 Å². The molecule has 2 aromatic carbocycles. The largest absolute Gasteiger partial charge is 0.317 e. The Labute approximate surface area is 176 Å². The van der Waals surface area contributed by atoms with E-state index >= 15 is 0 Å². The molecule has 2 heterocycles. The summed E-state index contributed by atoms with van der Waals surface area (Å²) >= 11 is 6.69. The molecule has 1 aromatic heterocycles. The van der Waals surface area contributed by atoms with Crippen LogP contribution in [-0.2, 0) is 11.3 Å². The smallest absolute Gasteiger partial charge is 0.269 e. The molecule has 1 saturated heterocycles. The van der Waals surface area contributed by atoms with Gasteiger partial charge in [0, 0.05) is 29.7 Å². The zero-order valence-electron chi connectivity index (χ0n) is 15.1. The third-order valence-electron chi connectivity index (χ3n) is 4.46. The van der Waals surface area contributed by atoms with Crippen LogP contribution in [0.15, 0.2) is 77.8 Å². The molecule has 1 amide bonds. The fourth-order valence-corrected chi connectivity index (χ4v) is 4.26. The number of nitro benzene ring substituents is 1. The van der Waals surface area contributed by atoms with E-state index in [2.05, 4.69) is 0 Å². The van der Waals surface area contributed by atoms with Gasteiger partial charge in [-0.15, -0.1) is 0 Å². The lowest BCUT2D eigenvalue weighted by atomic mass is 10.2. The van der Waals surface area contributed by atoms with Gasteiger partial charge in [0.1, 0.15) is 4.32 Å². The number of non-ortho nitro benzene ring substituents is 1. The number of thiocarbonyl (C=S) groups is 1. The first-order valence-electron chi connectivity index (χ1n) is 8.74. The van der Waals surface area contributed by atoms with Crippen molar-refractivity contribution >= 4 is 46.0 Å². The molecule has 0 saturated carbocycles. The molecule has 4 rings (SSSR count). The van der Waals surface area contributed by atoms with Crippen molar-refractivity contribution in [1.82, 2.24) is 9.47 Å². The Morgan fingerprint density at radius 2 is 1.76 bits per heavy atom. The minimum absolute atomic E-state index is 0.0317. The van der Waals surface area contributed by atoms with Gasteiger partial charge in [0.2, 0.25) is 0 Å². The van der Waals surface area contributed by atoms with Crippen molar-refractivity contribution in [3.8, 4) is 5.69 Å². The summed E-state index contributed by atoms with van der Waals surface area (Å²) in [5.74, 6) is -0.125. The van der Waals surface area contributed by atoms with Gasteiger partial charge in [0.15, 0.2) is 0 Å². The number of nitro groups is 1. The van der Waals surface area contributed by atoms with E-state index in [1.54, 1.807) is 23.1 Å². The summed E-state index contributed by atoms with van der Waals surface area (Å²) < 4.78 is 2.39. The molecule has 0 atom stereocenters. The van der Waals surface area contributed by atoms with Crippen LogP contribution in [0.2, 0.25) is 0 Å². The van der Waals surface area contributed by atoms with Crippen molar-refractivity contribution in [2.75, 3.05) is 0 Å². The van der Waals surface area contributed by atoms with E-state index in [9.17, 15) is 14.9 Å². The van der Waals surface area contributed by atoms with Crippen LogP contribution in [0.4, 0.5) is 5.69 Å². The molecule has 0 unspecified atom stereocenters. The summed E-state index contributed by atoms with van der Waals surface area (Å²) in [6, 6.07) is 19.7. The number of thioether (sulfide) groups is 1. The number of amides is 1. The lowest BCUT2D eigenvalue weighted by Gasteiger charge is -2.14. The molecular weight excluding hydrogens is 406 g/mol. The Balaban J connectivity index is 1.59. The van der Waals surface area contributed by atoms with E-state index < -0.39 is 4.92 Å². The van der Waals surface area contributed by atoms with Gasteiger partial charge < -0.3 is 4.57 Å². The third-order valence-corrected chi connectivity index (χ3v) is 5.83. The van der Waals surface area contributed by atoms with Gasteiger partial charge in [-0.1, -0.05) is 54.3 Å². The summed E-state index contributed by atoms with van der Waals surface area (Å²) in [7, 11) is 0. The standard InChI is InChI=1S/C21H15N3O3S2/c25-20-19(29-21(28)23(20)14-15-5-2-1-3-6-15)13-18-7-4-12-22(18)16-8-10-17(11-9-16)24(26)27/h1-13H,14H2. The minimum Gasteiger partial charge on any atom is -0.317 e. The Kier molecular flexibility index (Phi) is 5.28. The van der Waals surface area contributed by atoms with Crippen molar-refractivity contribution in [1.29, 1.82) is 0 Å². The molecule has 6 nitrogen and oxygen atoms in total. The van der Waals surface area contributed by atoms with Gasteiger partial charge in [-0.3, -0.25) is 19.8 Å². The number of rotatable bonds is 5. The second kappa shape index (κ2) is 8.02. The highest BCUT2D eigenvalue weighted by Crippen LogP contribution is 2.34. The number of aromatic nitrogens is 1. The second-order valence-corrected chi connectivity index (χ2v) is 8.01. The number of benzene rings is 2. The maximum atomic E-state index is 12.9. The molecule has 0 spiro atoms. The number of carbonyl (C=O) groups excluding carboxylic acids is 1. The minimum atomic E-state index is -0.432. The van der Waals surface area contributed by atoms with E-state index in [1.807, 2.05) is 53.2 Å². The topological polar surface area (TPSA) is 68.4 Å². The van der Waals surface area contributed by atoms with Crippen LogP contribution in [0.1, 0.15) is 11.3 Å². The third kappa shape index (κ3) is 3.98. The summed E-state index contributed by atoms with van der Waals surface area (Å²) in [6.07, 6.45) is 3.64. The predicted molar refractivity (Wildman–Crippen MR) is 118 cm³/mol. The Hall–Kier alpha value is -3.23. The molecule has 8 heteroatoms. The summed E-state index contributed by atoms with van der Waals surface area (Å²) in [6.45, 7) is 0.437. The van der Waals surface area contributed by atoms with Crippen LogP contribution < -0.4 is 0 Å². The number of nitrogens with zero attached hydrogens (tertiary/aromatic N) is 3. The number of hydrogen-bond acceptors (Lipinski definition) is 5. The summed E-state index contributed by atoms with van der Waals surface area (Å²) in [5.41, 5.74) is 2.61. The first kappa shape index (κ1) is 19.1. The average molecular weight is 422 g/mol. The SMILES string of the molecule is O=C1C(=Cc2cccn2-c2ccc([N+](=O)[O-])cc2)SC(=S)N1Cc1ccccc1. The van der Waals surface area contributed by atoms with Crippen molar-refractivity contribution in [2.24, 2.45) is 0 Å². The van der Waals surface area contributed by atoms with Crippen LogP contribution in [0.25, 0.3) is 11.8 Å². The van der Waals surface area contributed by atoms with Crippen LogP contribution in [0.5, 0.6) is 0 Å². The lowest BCUT2D eigenvalue weighted by Crippen LogP contribution is -2.27. The predicted octanol–water partition coefficient (Wildman–Crippen LogP) is 4.79. The monoisotopic (exact) mass is 421 g/mol. The van der Waals surface area contributed by atoms with Crippen molar-refractivity contribution in [3.05, 3.63) is 99.2 Å². The van der Waals surface area contributed by atoms with Crippen molar-refractivity contribution < 1.29 is 9.72 Å². The quantitative estimate of drug-likeness (QED) is 0.256. The molecule has 0 N–H and O–H groups in total. The maximum absolute atomic E-state index is 12.9. The Bertz CT molecular complexity index is 1120.